The van der Waals surface area contributed by atoms with Crippen molar-refractivity contribution in [2.45, 2.75) is 199 Å². The molecule has 8 aliphatic rings. The number of hydrogen-bond acceptors (Lipinski definition) is 3. The molecule has 390 valence electrons. The molecule has 2 aliphatic heterocycles. The second-order valence-electron chi connectivity index (χ2n) is 30.6. The summed E-state index contributed by atoms with van der Waals surface area (Å²) in [5.74, 6) is 2.46. The van der Waals surface area contributed by atoms with Crippen LogP contribution in [0.2, 0.25) is 0 Å². The third-order valence-electron chi connectivity index (χ3n) is 21.4. The Bertz CT molecular complexity index is 3520. The second kappa shape index (κ2) is 15.8. The Kier molecular flexibility index (Phi) is 10.2. The quantitative estimate of drug-likeness (QED) is 0.164. The first-order chi connectivity index (χ1) is 35.8. The van der Waals surface area contributed by atoms with E-state index in [0.717, 1.165) is 48.3 Å². The number of rotatable bonds is 4. The van der Waals surface area contributed by atoms with Gasteiger partial charge < -0.3 is 14.2 Å². The Labute approximate surface area is 456 Å². The van der Waals surface area contributed by atoms with Gasteiger partial charge in [0.05, 0.1) is 17.0 Å². The van der Waals surface area contributed by atoms with Crippen molar-refractivity contribution in [3.8, 4) is 11.1 Å². The summed E-state index contributed by atoms with van der Waals surface area (Å²) < 4.78 is 7.85. The van der Waals surface area contributed by atoms with Crippen molar-refractivity contribution in [1.82, 2.24) is 0 Å². The molecule has 76 heavy (non-hydrogen) atoms. The third kappa shape index (κ3) is 7.19. The molecule has 0 atom stereocenters. The van der Waals surface area contributed by atoms with Gasteiger partial charge in [0.15, 0.2) is 0 Å². The fourth-order valence-electron chi connectivity index (χ4n) is 17.1. The molecule has 6 aromatic carbocycles. The standard InChI is InChI=1S/C72H83BN2O/c1-66(2,3)47-20-23-50(24-21-47)74-60-34-49(72-40-43-30-44(41-72)32-45(31-43)42-72)35-61-63(60)73(65-64(74)52-36-53-56(39-62(52)76-65)71(13,14)29-26-68(53,7)8)57-37-54-55(70(11,12)28-27-69(54,9)10)38-59(57)75(61)58-25-22-48(67(4,5)6)33-51(58)46-18-16-15-17-19-46/h15-25,33-39,43-45H,26-32,40-42H2,1-14H3. The molecular formula is C72H83BN2O. The molecule has 4 bridgehead atoms. The average Bonchev–Trinajstić information content (AvgIpc) is 3.94. The summed E-state index contributed by atoms with van der Waals surface area (Å²) in [4.78, 5) is 5.51. The molecule has 4 fully saturated rings. The summed E-state index contributed by atoms with van der Waals surface area (Å²) in [5, 5.41) is 1.25. The van der Waals surface area contributed by atoms with Gasteiger partial charge in [-0.05, 0) is 230 Å². The topological polar surface area (TPSA) is 19.6 Å². The van der Waals surface area contributed by atoms with E-state index in [1.54, 1.807) is 5.56 Å². The van der Waals surface area contributed by atoms with Gasteiger partial charge in [0, 0.05) is 33.7 Å². The molecular weight excluding hydrogens is 920 g/mol. The highest BCUT2D eigenvalue weighted by atomic mass is 16.3. The molecule has 4 saturated carbocycles. The summed E-state index contributed by atoms with van der Waals surface area (Å²) in [6.07, 6.45) is 12.8. The van der Waals surface area contributed by atoms with Crippen molar-refractivity contribution in [3.63, 3.8) is 0 Å². The fraction of sp³-hybridized carbons (Fsp3) is 0.472. The Hall–Kier alpha value is -5.48. The zero-order chi connectivity index (χ0) is 53.0. The van der Waals surface area contributed by atoms with Crippen molar-refractivity contribution in [2.75, 3.05) is 9.80 Å². The van der Waals surface area contributed by atoms with E-state index in [4.69, 9.17) is 4.42 Å². The predicted octanol–water partition coefficient (Wildman–Crippen LogP) is 17.9. The molecule has 0 N–H and O–H groups in total. The number of benzene rings is 6. The molecule has 3 nitrogen and oxygen atoms in total. The van der Waals surface area contributed by atoms with E-state index < -0.39 is 0 Å². The molecule has 1 aromatic heterocycles. The van der Waals surface area contributed by atoms with E-state index in [9.17, 15) is 0 Å². The Morgan fingerprint density at radius 3 is 1.58 bits per heavy atom. The molecule has 3 heterocycles. The highest BCUT2D eigenvalue weighted by Gasteiger charge is 2.55. The summed E-state index contributed by atoms with van der Waals surface area (Å²) in [6, 6.07) is 44.5. The number of nitrogens with zero attached hydrogens (tertiary/aromatic N) is 2. The molecule has 6 aliphatic carbocycles. The van der Waals surface area contributed by atoms with Gasteiger partial charge in [0.2, 0.25) is 0 Å². The van der Waals surface area contributed by atoms with E-state index in [0.29, 0.717) is 0 Å². The Morgan fingerprint density at radius 2 is 1.01 bits per heavy atom. The Morgan fingerprint density at radius 1 is 0.500 bits per heavy atom. The summed E-state index contributed by atoms with van der Waals surface area (Å²) in [6.45, 7) is 33.9. The zero-order valence-electron chi connectivity index (χ0n) is 48.6. The van der Waals surface area contributed by atoms with E-state index in [-0.39, 0.29) is 44.6 Å². The van der Waals surface area contributed by atoms with Gasteiger partial charge in [-0.1, -0.05) is 152 Å². The van der Waals surface area contributed by atoms with Crippen molar-refractivity contribution in [2.24, 2.45) is 17.8 Å². The van der Waals surface area contributed by atoms with Gasteiger partial charge in [-0.15, -0.1) is 0 Å². The van der Waals surface area contributed by atoms with Crippen LogP contribution < -0.4 is 26.4 Å². The van der Waals surface area contributed by atoms with E-state index in [1.807, 2.05) is 0 Å². The molecule has 4 heteroatoms. The normalized spacial score (nSPS) is 25.0. The number of anilines is 6. The molecule has 0 unspecified atom stereocenters. The van der Waals surface area contributed by atoms with E-state index >= 15 is 0 Å². The van der Waals surface area contributed by atoms with Crippen LogP contribution in [0.1, 0.15) is 200 Å². The molecule has 7 aromatic rings. The molecule has 0 saturated heterocycles. The highest BCUT2D eigenvalue weighted by molar-refractivity contribution is 7.00. The maximum atomic E-state index is 7.85. The smallest absolute Gasteiger partial charge is 0.297 e. The van der Waals surface area contributed by atoms with Crippen molar-refractivity contribution < 1.29 is 4.42 Å². The van der Waals surface area contributed by atoms with Gasteiger partial charge in [-0.25, -0.2) is 0 Å². The molecule has 15 rings (SSSR count). The molecule has 0 amide bonds. The van der Waals surface area contributed by atoms with Gasteiger partial charge in [0.25, 0.3) is 6.71 Å². The maximum Gasteiger partial charge on any atom is 0.297 e. The Balaban J connectivity index is 1.15. The maximum absolute atomic E-state index is 7.85. The number of fused-ring (bicyclic) bond motifs is 8. The first kappa shape index (κ1) is 48.9. The minimum absolute atomic E-state index is 0.0160. The predicted molar refractivity (Wildman–Crippen MR) is 323 cm³/mol. The lowest BCUT2D eigenvalue weighted by Gasteiger charge is -2.57. The minimum Gasteiger partial charge on any atom is -0.468 e. The van der Waals surface area contributed by atoms with Gasteiger partial charge in [-0.2, -0.15) is 0 Å². The van der Waals surface area contributed by atoms with Crippen LogP contribution in [0.4, 0.5) is 34.1 Å². The van der Waals surface area contributed by atoms with Crippen LogP contribution in [0.25, 0.3) is 22.1 Å². The number of hydrogen-bond donors (Lipinski definition) is 0. The molecule has 0 spiro atoms. The zero-order valence-corrected chi connectivity index (χ0v) is 48.6. The van der Waals surface area contributed by atoms with Crippen molar-refractivity contribution >= 4 is 68.4 Å². The van der Waals surface area contributed by atoms with Crippen LogP contribution >= 0.6 is 0 Å². The lowest BCUT2D eigenvalue weighted by Crippen LogP contribution is -2.61. The summed E-state index contributed by atoms with van der Waals surface area (Å²) in [5.41, 5.74) is 25.6. The summed E-state index contributed by atoms with van der Waals surface area (Å²) in [7, 11) is 0. The van der Waals surface area contributed by atoms with Gasteiger partial charge in [0.1, 0.15) is 5.58 Å². The van der Waals surface area contributed by atoms with Crippen molar-refractivity contribution in [1.29, 1.82) is 0 Å². The SMILES string of the molecule is CC(C)(C)c1ccc(N2c3cc(C45CC6CC(CC(C6)C4)C5)cc4c3B(c3cc5c(cc3N4c3ccc(C(C)(C)C)cc3-c3ccccc3)C(C)(C)CCC5(C)C)c3oc4cc5c(cc4c32)C(C)(C)CCC5(C)C)cc1. The largest absolute Gasteiger partial charge is 0.468 e. The fourth-order valence-corrected chi connectivity index (χ4v) is 17.1. The first-order valence-electron chi connectivity index (χ1n) is 29.7. The van der Waals surface area contributed by atoms with Crippen LogP contribution in [0.15, 0.2) is 114 Å². The van der Waals surface area contributed by atoms with Crippen LogP contribution in [-0.4, -0.2) is 6.71 Å². The number of furan rings is 1. The minimum atomic E-state index is -0.118. The van der Waals surface area contributed by atoms with Gasteiger partial charge >= 0.3 is 0 Å². The van der Waals surface area contributed by atoms with Crippen LogP contribution in [-0.2, 0) is 37.9 Å². The summed E-state index contributed by atoms with van der Waals surface area (Å²) >= 11 is 0. The lowest BCUT2D eigenvalue weighted by molar-refractivity contribution is -0.00514. The second-order valence-corrected chi connectivity index (χ2v) is 30.6. The van der Waals surface area contributed by atoms with Gasteiger partial charge in [-0.3, -0.25) is 0 Å². The third-order valence-corrected chi connectivity index (χ3v) is 21.4. The van der Waals surface area contributed by atoms with E-state index in [2.05, 4.69) is 216 Å². The van der Waals surface area contributed by atoms with E-state index in [1.165, 1.54) is 140 Å². The lowest BCUT2D eigenvalue weighted by atomic mass is 9.35. The molecule has 0 radical (unpaired) electrons. The van der Waals surface area contributed by atoms with Crippen LogP contribution in [0.5, 0.6) is 0 Å². The highest BCUT2D eigenvalue weighted by Crippen LogP contribution is 2.63. The van der Waals surface area contributed by atoms with Crippen molar-refractivity contribution in [3.05, 3.63) is 148 Å². The monoisotopic (exact) mass is 1000 g/mol. The van der Waals surface area contributed by atoms with Crippen LogP contribution in [0, 0.1) is 17.8 Å². The first-order valence-corrected chi connectivity index (χ1v) is 29.7. The van der Waals surface area contributed by atoms with Crippen LogP contribution in [0.3, 0.4) is 0 Å². The average molecular weight is 1000 g/mol.